The van der Waals surface area contributed by atoms with Gasteiger partial charge < -0.3 is 4.52 Å². The van der Waals surface area contributed by atoms with Crippen molar-refractivity contribution < 1.29 is 4.52 Å². The van der Waals surface area contributed by atoms with E-state index in [9.17, 15) is 0 Å². The number of nitrogens with one attached hydrogen (secondary N) is 1. The molecule has 0 amide bonds. The molecule has 0 radical (unpaired) electrons. The van der Waals surface area contributed by atoms with Crippen LogP contribution in [0.3, 0.4) is 0 Å². The SMILES string of the molecule is Cc1onc(-c2ccccc2)c1-c1n[nH]c2c1CN(CC1CCCC1)CC2. The van der Waals surface area contributed by atoms with Crippen molar-refractivity contribution in [2.75, 3.05) is 13.1 Å². The van der Waals surface area contributed by atoms with Gasteiger partial charge in [-0.3, -0.25) is 10.00 Å². The van der Waals surface area contributed by atoms with Crippen molar-refractivity contribution >= 4 is 0 Å². The summed E-state index contributed by atoms with van der Waals surface area (Å²) in [4.78, 5) is 2.61. The Labute approximate surface area is 159 Å². The number of benzene rings is 1. The summed E-state index contributed by atoms with van der Waals surface area (Å²) in [6.45, 7) is 5.29. The third-order valence-corrected chi connectivity index (χ3v) is 6.15. The highest BCUT2D eigenvalue weighted by molar-refractivity contribution is 5.81. The molecule has 1 aliphatic carbocycles. The topological polar surface area (TPSA) is 58.0 Å². The molecule has 5 heteroatoms. The number of aryl methyl sites for hydroxylation is 1. The van der Waals surface area contributed by atoms with E-state index in [-0.39, 0.29) is 0 Å². The van der Waals surface area contributed by atoms with Crippen LogP contribution in [0.15, 0.2) is 34.9 Å². The molecule has 2 aromatic heterocycles. The number of rotatable bonds is 4. The van der Waals surface area contributed by atoms with Crippen molar-refractivity contribution in [3.63, 3.8) is 0 Å². The van der Waals surface area contributed by atoms with E-state index in [1.54, 1.807) is 0 Å². The molecule has 5 nitrogen and oxygen atoms in total. The zero-order chi connectivity index (χ0) is 18.2. The fourth-order valence-corrected chi connectivity index (χ4v) is 4.72. The van der Waals surface area contributed by atoms with Gasteiger partial charge in [0.2, 0.25) is 0 Å². The van der Waals surface area contributed by atoms with Gasteiger partial charge in [-0.1, -0.05) is 48.3 Å². The lowest BCUT2D eigenvalue weighted by molar-refractivity contribution is 0.214. The Bertz CT molecular complexity index is 921. The third kappa shape index (κ3) is 3.10. The summed E-state index contributed by atoms with van der Waals surface area (Å²) in [6.07, 6.45) is 6.64. The zero-order valence-electron chi connectivity index (χ0n) is 15.9. The van der Waals surface area contributed by atoms with Crippen LogP contribution in [0.1, 0.15) is 42.7 Å². The van der Waals surface area contributed by atoms with E-state index in [0.717, 1.165) is 53.7 Å². The number of hydrogen-bond donors (Lipinski definition) is 1. The van der Waals surface area contributed by atoms with Crippen molar-refractivity contribution in [1.82, 2.24) is 20.3 Å². The normalized spacial score (nSPS) is 18.1. The molecule has 1 aliphatic heterocycles. The Morgan fingerprint density at radius 3 is 2.78 bits per heavy atom. The lowest BCUT2D eigenvalue weighted by Crippen LogP contribution is -2.34. The summed E-state index contributed by atoms with van der Waals surface area (Å²) in [5, 5.41) is 12.3. The number of H-pyrrole nitrogens is 1. The van der Waals surface area contributed by atoms with E-state index in [2.05, 4.69) is 27.3 Å². The zero-order valence-corrected chi connectivity index (χ0v) is 15.9. The predicted molar refractivity (Wildman–Crippen MR) is 105 cm³/mol. The van der Waals surface area contributed by atoms with Gasteiger partial charge in [0.1, 0.15) is 17.1 Å². The van der Waals surface area contributed by atoms with Gasteiger partial charge in [0.15, 0.2) is 0 Å². The van der Waals surface area contributed by atoms with Crippen LogP contribution < -0.4 is 0 Å². The van der Waals surface area contributed by atoms with Gasteiger partial charge >= 0.3 is 0 Å². The lowest BCUT2D eigenvalue weighted by atomic mass is 9.96. The molecule has 140 valence electrons. The Hall–Kier alpha value is -2.40. The first-order valence-corrected chi connectivity index (χ1v) is 10.1. The molecule has 1 fully saturated rings. The van der Waals surface area contributed by atoms with E-state index in [0.29, 0.717) is 0 Å². The molecule has 3 heterocycles. The highest BCUT2D eigenvalue weighted by Crippen LogP contribution is 2.37. The number of aromatic nitrogens is 3. The van der Waals surface area contributed by atoms with Crippen LogP contribution in [0, 0.1) is 12.8 Å². The van der Waals surface area contributed by atoms with E-state index < -0.39 is 0 Å². The maximum absolute atomic E-state index is 5.58. The first kappa shape index (κ1) is 16.8. The van der Waals surface area contributed by atoms with E-state index in [1.165, 1.54) is 43.5 Å². The highest BCUT2D eigenvalue weighted by atomic mass is 16.5. The molecule has 0 atom stereocenters. The highest BCUT2D eigenvalue weighted by Gasteiger charge is 2.28. The molecule has 0 spiro atoms. The molecule has 5 rings (SSSR count). The summed E-state index contributed by atoms with van der Waals surface area (Å²) >= 11 is 0. The fraction of sp³-hybridized carbons (Fsp3) is 0.455. The monoisotopic (exact) mass is 362 g/mol. The van der Waals surface area contributed by atoms with Gasteiger partial charge in [-0.2, -0.15) is 5.10 Å². The summed E-state index contributed by atoms with van der Waals surface area (Å²) in [7, 11) is 0. The number of hydrogen-bond acceptors (Lipinski definition) is 4. The summed E-state index contributed by atoms with van der Waals surface area (Å²) < 4.78 is 5.58. The molecular weight excluding hydrogens is 336 g/mol. The van der Waals surface area contributed by atoms with Crippen LogP contribution in [0.25, 0.3) is 22.5 Å². The first-order valence-electron chi connectivity index (χ1n) is 10.1. The van der Waals surface area contributed by atoms with Gasteiger partial charge in [-0.25, -0.2) is 0 Å². The molecule has 0 saturated heterocycles. The Morgan fingerprint density at radius 1 is 1.15 bits per heavy atom. The molecule has 1 saturated carbocycles. The molecular formula is C22H26N4O. The Kier molecular flexibility index (Phi) is 4.32. The van der Waals surface area contributed by atoms with Crippen molar-refractivity contribution in [2.24, 2.45) is 5.92 Å². The average Bonchev–Trinajstić information content (AvgIpc) is 3.42. The lowest BCUT2D eigenvalue weighted by Gasteiger charge is -2.29. The third-order valence-electron chi connectivity index (χ3n) is 6.15. The van der Waals surface area contributed by atoms with Crippen LogP contribution >= 0.6 is 0 Å². The van der Waals surface area contributed by atoms with Crippen molar-refractivity contribution in [2.45, 2.75) is 45.6 Å². The van der Waals surface area contributed by atoms with Gasteiger partial charge in [0.05, 0.1) is 5.56 Å². The van der Waals surface area contributed by atoms with Crippen LogP contribution in [-0.4, -0.2) is 33.3 Å². The smallest absolute Gasteiger partial charge is 0.143 e. The van der Waals surface area contributed by atoms with E-state index >= 15 is 0 Å². The average molecular weight is 362 g/mol. The maximum atomic E-state index is 5.58. The summed E-state index contributed by atoms with van der Waals surface area (Å²) in [6, 6.07) is 10.2. The second kappa shape index (κ2) is 6.97. The number of nitrogens with zero attached hydrogens (tertiary/aromatic N) is 3. The van der Waals surface area contributed by atoms with Gasteiger partial charge in [-0.15, -0.1) is 0 Å². The number of fused-ring (bicyclic) bond motifs is 1. The molecule has 0 unspecified atom stereocenters. The van der Waals surface area contributed by atoms with Crippen molar-refractivity contribution in [1.29, 1.82) is 0 Å². The van der Waals surface area contributed by atoms with Crippen LogP contribution in [0.2, 0.25) is 0 Å². The quantitative estimate of drug-likeness (QED) is 0.737. The van der Waals surface area contributed by atoms with E-state index in [1.807, 2.05) is 25.1 Å². The van der Waals surface area contributed by atoms with Crippen LogP contribution in [0.4, 0.5) is 0 Å². The molecule has 2 aliphatic rings. The van der Waals surface area contributed by atoms with Gasteiger partial charge in [0, 0.05) is 42.9 Å². The van der Waals surface area contributed by atoms with Gasteiger partial charge in [0.25, 0.3) is 0 Å². The van der Waals surface area contributed by atoms with Crippen molar-refractivity contribution in [3.05, 3.63) is 47.3 Å². The van der Waals surface area contributed by atoms with Crippen LogP contribution in [0.5, 0.6) is 0 Å². The van der Waals surface area contributed by atoms with Crippen LogP contribution in [-0.2, 0) is 13.0 Å². The van der Waals surface area contributed by atoms with Crippen molar-refractivity contribution in [3.8, 4) is 22.5 Å². The predicted octanol–water partition coefficient (Wildman–Crippen LogP) is 4.59. The standard InChI is InChI=1S/C22H26N4O/c1-15-20(21(25-27-15)17-9-3-2-4-10-17)22-18-14-26(12-11-19(18)23-24-22)13-16-7-5-6-8-16/h2-4,9-10,16H,5-8,11-14H2,1H3,(H,23,24). The summed E-state index contributed by atoms with van der Waals surface area (Å²) in [5.74, 6) is 1.70. The largest absolute Gasteiger partial charge is 0.360 e. The maximum Gasteiger partial charge on any atom is 0.143 e. The molecule has 1 aromatic carbocycles. The minimum atomic E-state index is 0.830. The molecule has 0 bridgehead atoms. The molecule has 1 N–H and O–H groups in total. The first-order chi connectivity index (χ1) is 13.3. The fourth-order valence-electron chi connectivity index (χ4n) is 4.72. The minimum absolute atomic E-state index is 0.830. The van der Waals surface area contributed by atoms with Gasteiger partial charge in [-0.05, 0) is 25.7 Å². The molecule has 3 aromatic rings. The van der Waals surface area contributed by atoms with E-state index in [4.69, 9.17) is 9.62 Å². The second-order valence-electron chi connectivity index (χ2n) is 7.99. The Morgan fingerprint density at radius 2 is 1.96 bits per heavy atom. The second-order valence-corrected chi connectivity index (χ2v) is 7.99. The minimum Gasteiger partial charge on any atom is -0.360 e. The summed E-state index contributed by atoms with van der Waals surface area (Å²) in [5.41, 5.74) is 6.59. The Balaban J connectivity index is 1.48. The molecule has 27 heavy (non-hydrogen) atoms. The number of aromatic amines is 1.